The molecule has 7 heteroatoms. The first-order valence-electron chi connectivity index (χ1n) is 9.00. The molecule has 2 aromatic carbocycles. The van der Waals surface area contributed by atoms with Crippen molar-refractivity contribution in [3.8, 4) is 5.75 Å². The molecule has 142 valence electrons. The maximum atomic E-state index is 12.5. The summed E-state index contributed by atoms with van der Waals surface area (Å²) < 4.78 is 5.26. The van der Waals surface area contributed by atoms with E-state index < -0.39 is 0 Å². The van der Waals surface area contributed by atoms with Crippen molar-refractivity contribution in [2.24, 2.45) is 0 Å². The minimum atomic E-state index is 0.0608. The van der Waals surface area contributed by atoms with Gasteiger partial charge in [-0.15, -0.1) is 0 Å². The molecule has 0 saturated carbocycles. The van der Waals surface area contributed by atoms with Gasteiger partial charge >= 0.3 is 0 Å². The lowest BCUT2D eigenvalue weighted by Gasteiger charge is -2.19. The molecule has 0 atom stereocenters. The van der Waals surface area contributed by atoms with Crippen molar-refractivity contribution in [1.29, 1.82) is 0 Å². The van der Waals surface area contributed by atoms with Gasteiger partial charge in [0.05, 0.1) is 18.4 Å². The van der Waals surface area contributed by atoms with Gasteiger partial charge in [-0.3, -0.25) is 4.79 Å². The molecule has 1 aliphatic carbocycles. The molecule has 0 unspecified atom stereocenters. The predicted octanol–water partition coefficient (Wildman–Crippen LogP) is 5.14. The van der Waals surface area contributed by atoms with Crippen molar-refractivity contribution in [3.63, 3.8) is 0 Å². The Hall–Kier alpha value is -3.12. The Labute approximate surface area is 167 Å². The smallest absolute Gasteiger partial charge is 0.229 e. The zero-order valence-electron chi connectivity index (χ0n) is 15.3. The van der Waals surface area contributed by atoms with E-state index in [0.29, 0.717) is 28.8 Å². The molecule has 6 nitrogen and oxygen atoms in total. The van der Waals surface area contributed by atoms with Crippen LogP contribution in [0, 0.1) is 0 Å². The van der Waals surface area contributed by atoms with E-state index in [1.54, 1.807) is 19.2 Å². The van der Waals surface area contributed by atoms with E-state index >= 15 is 0 Å². The highest BCUT2D eigenvalue weighted by Crippen LogP contribution is 2.30. The van der Waals surface area contributed by atoms with E-state index in [2.05, 4.69) is 20.6 Å². The Morgan fingerprint density at radius 1 is 1.00 bits per heavy atom. The monoisotopic (exact) mass is 394 g/mol. The van der Waals surface area contributed by atoms with Crippen LogP contribution in [0.4, 0.5) is 23.1 Å². The van der Waals surface area contributed by atoms with Gasteiger partial charge in [-0.25, -0.2) is 4.98 Å². The van der Waals surface area contributed by atoms with E-state index in [0.717, 1.165) is 35.7 Å². The molecule has 28 heavy (non-hydrogen) atoms. The molecule has 4 rings (SSSR count). The van der Waals surface area contributed by atoms with Crippen LogP contribution in [0.15, 0.2) is 48.5 Å². The number of nitrogens with zero attached hydrogens (tertiary/aromatic N) is 2. The van der Waals surface area contributed by atoms with Crippen LogP contribution in [0.1, 0.15) is 28.9 Å². The summed E-state index contributed by atoms with van der Waals surface area (Å²) in [6, 6.07) is 14.8. The zero-order chi connectivity index (χ0) is 19.5. The molecular weight excluding hydrogens is 376 g/mol. The molecule has 1 heterocycles. The van der Waals surface area contributed by atoms with Crippen LogP contribution in [0.3, 0.4) is 0 Å². The first-order valence-corrected chi connectivity index (χ1v) is 9.38. The number of fused-ring (bicyclic) bond motifs is 1. The molecule has 2 N–H and O–H groups in total. The number of carbonyl (C=O) groups is 1. The number of ketones is 1. The van der Waals surface area contributed by atoms with Gasteiger partial charge in [-0.2, -0.15) is 4.98 Å². The summed E-state index contributed by atoms with van der Waals surface area (Å²) in [6.07, 6.45) is 2.04. The molecule has 0 fully saturated rings. The van der Waals surface area contributed by atoms with Crippen LogP contribution in [0.2, 0.25) is 5.02 Å². The average Bonchev–Trinajstić information content (AvgIpc) is 2.70. The summed E-state index contributed by atoms with van der Waals surface area (Å²) in [4.78, 5) is 21.7. The highest BCUT2D eigenvalue weighted by atomic mass is 35.5. The first-order chi connectivity index (χ1) is 13.6. The number of anilines is 4. The topological polar surface area (TPSA) is 76.1 Å². The number of hydrogen-bond donors (Lipinski definition) is 2. The number of benzene rings is 2. The Morgan fingerprint density at radius 3 is 2.61 bits per heavy atom. The summed E-state index contributed by atoms with van der Waals surface area (Å²) in [5.74, 6) is 1.73. The lowest BCUT2D eigenvalue weighted by atomic mass is 9.95. The number of carbonyl (C=O) groups excluding carboxylic acids is 1. The summed E-state index contributed by atoms with van der Waals surface area (Å²) in [6.45, 7) is 0. The minimum Gasteiger partial charge on any atom is -0.497 e. The molecule has 1 aromatic heterocycles. The average molecular weight is 395 g/mol. The molecule has 0 amide bonds. The number of hydrogen-bond acceptors (Lipinski definition) is 6. The molecular formula is C21H19ClN4O2. The maximum Gasteiger partial charge on any atom is 0.229 e. The SMILES string of the molecule is COc1cccc(Nc2nc3c(c(Nc4ccc(Cl)cc4)n2)C(=O)CCC3)c1. The Kier molecular flexibility index (Phi) is 5.12. The standard InChI is InChI=1S/C21H19ClN4O2/c1-28-16-5-2-4-15(12-16)24-21-25-17-6-3-7-18(27)19(17)20(26-21)23-14-10-8-13(22)9-11-14/h2,4-5,8-12H,3,6-7H2,1H3,(H2,23,24,25,26). The van der Waals surface area contributed by atoms with Crippen molar-refractivity contribution in [3.05, 3.63) is 64.8 Å². The summed E-state index contributed by atoms with van der Waals surface area (Å²) in [5.41, 5.74) is 2.93. The van der Waals surface area contributed by atoms with Crippen molar-refractivity contribution in [1.82, 2.24) is 9.97 Å². The van der Waals surface area contributed by atoms with E-state index in [1.807, 2.05) is 36.4 Å². The minimum absolute atomic E-state index is 0.0608. The summed E-state index contributed by atoms with van der Waals surface area (Å²) in [5, 5.41) is 7.09. The van der Waals surface area contributed by atoms with Crippen LogP contribution >= 0.6 is 11.6 Å². The number of nitrogens with one attached hydrogen (secondary N) is 2. The zero-order valence-corrected chi connectivity index (χ0v) is 16.1. The molecule has 1 aliphatic rings. The Morgan fingerprint density at radius 2 is 1.82 bits per heavy atom. The highest BCUT2D eigenvalue weighted by Gasteiger charge is 2.24. The summed E-state index contributed by atoms with van der Waals surface area (Å²) in [7, 11) is 1.62. The van der Waals surface area contributed by atoms with Gasteiger partial charge < -0.3 is 15.4 Å². The Balaban J connectivity index is 1.71. The normalized spacial score (nSPS) is 13.0. The fourth-order valence-electron chi connectivity index (χ4n) is 3.17. The lowest BCUT2D eigenvalue weighted by Crippen LogP contribution is -2.17. The van der Waals surface area contributed by atoms with Crippen molar-refractivity contribution in [2.75, 3.05) is 17.7 Å². The number of aromatic nitrogens is 2. The van der Waals surface area contributed by atoms with Crippen molar-refractivity contribution < 1.29 is 9.53 Å². The van der Waals surface area contributed by atoms with E-state index in [-0.39, 0.29) is 5.78 Å². The third kappa shape index (κ3) is 3.92. The van der Waals surface area contributed by atoms with Gasteiger partial charge in [0.25, 0.3) is 0 Å². The number of aryl methyl sites for hydroxylation is 1. The molecule has 0 bridgehead atoms. The van der Waals surface area contributed by atoms with Gasteiger partial charge in [0, 0.05) is 28.9 Å². The fraction of sp³-hybridized carbons (Fsp3) is 0.190. The van der Waals surface area contributed by atoms with Crippen molar-refractivity contribution >= 4 is 40.5 Å². The molecule has 0 radical (unpaired) electrons. The van der Waals surface area contributed by atoms with Crippen LogP contribution in [0.5, 0.6) is 5.75 Å². The van der Waals surface area contributed by atoms with E-state index in [4.69, 9.17) is 16.3 Å². The van der Waals surface area contributed by atoms with Crippen LogP contribution in [-0.4, -0.2) is 22.9 Å². The number of ether oxygens (including phenoxy) is 1. The van der Waals surface area contributed by atoms with E-state index in [9.17, 15) is 4.79 Å². The number of Topliss-reactive ketones (excluding diaryl/α,β-unsaturated/α-hetero) is 1. The van der Waals surface area contributed by atoms with Crippen molar-refractivity contribution in [2.45, 2.75) is 19.3 Å². The second kappa shape index (κ2) is 7.86. The fourth-order valence-corrected chi connectivity index (χ4v) is 3.29. The third-order valence-corrected chi connectivity index (χ3v) is 4.77. The van der Waals surface area contributed by atoms with Crippen LogP contribution in [0.25, 0.3) is 0 Å². The van der Waals surface area contributed by atoms with Gasteiger partial charge in [-0.1, -0.05) is 17.7 Å². The number of rotatable bonds is 5. The largest absolute Gasteiger partial charge is 0.497 e. The third-order valence-electron chi connectivity index (χ3n) is 4.51. The Bertz CT molecular complexity index is 1020. The van der Waals surface area contributed by atoms with Gasteiger partial charge in [-0.05, 0) is 49.2 Å². The molecule has 3 aromatic rings. The van der Waals surface area contributed by atoms with Gasteiger partial charge in [0.15, 0.2) is 5.78 Å². The van der Waals surface area contributed by atoms with E-state index in [1.165, 1.54) is 0 Å². The second-order valence-electron chi connectivity index (χ2n) is 6.48. The lowest BCUT2D eigenvalue weighted by molar-refractivity contribution is 0.0972. The van der Waals surface area contributed by atoms with Gasteiger partial charge in [0.2, 0.25) is 5.95 Å². The predicted molar refractivity (Wildman–Crippen MR) is 110 cm³/mol. The molecule has 0 saturated heterocycles. The highest BCUT2D eigenvalue weighted by molar-refractivity contribution is 6.30. The second-order valence-corrected chi connectivity index (χ2v) is 6.92. The number of halogens is 1. The van der Waals surface area contributed by atoms with Gasteiger partial charge in [0.1, 0.15) is 11.6 Å². The van der Waals surface area contributed by atoms with Crippen LogP contribution < -0.4 is 15.4 Å². The molecule has 0 aliphatic heterocycles. The molecule has 0 spiro atoms. The number of methoxy groups -OCH3 is 1. The quantitative estimate of drug-likeness (QED) is 0.623. The summed E-state index contributed by atoms with van der Waals surface area (Å²) >= 11 is 5.97. The maximum absolute atomic E-state index is 12.5. The first kappa shape index (κ1) is 18.3. The van der Waals surface area contributed by atoms with Crippen LogP contribution in [-0.2, 0) is 6.42 Å².